The van der Waals surface area contributed by atoms with Crippen LogP contribution in [0.25, 0.3) is 0 Å². The Kier molecular flexibility index (Phi) is 4.06. The van der Waals surface area contributed by atoms with Gasteiger partial charge in [-0.1, -0.05) is 36.4 Å². The van der Waals surface area contributed by atoms with E-state index >= 15 is 0 Å². The van der Waals surface area contributed by atoms with Gasteiger partial charge in [0.25, 0.3) is 0 Å². The first-order valence-electron chi connectivity index (χ1n) is 6.85. The highest BCUT2D eigenvalue weighted by molar-refractivity contribution is 5.44. The Bertz CT molecular complexity index is 584. The molecule has 1 atom stereocenters. The highest BCUT2D eigenvalue weighted by Gasteiger charge is 2.16. The fourth-order valence-electron chi connectivity index (χ4n) is 2.68. The van der Waals surface area contributed by atoms with Gasteiger partial charge in [-0.05, 0) is 68.1 Å². The zero-order chi connectivity index (χ0) is 14.0. The van der Waals surface area contributed by atoms with Gasteiger partial charge in [-0.3, -0.25) is 0 Å². The van der Waals surface area contributed by atoms with Crippen LogP contribution in [0.5, 0.6) is 0 Å². The third kappa shape index (κ3) is 2.71. The second-order valence-corrected chi connectivity index (χ2v) is 5.37. The highest BCUT2D eigenvalue weighted by Crippen LogP contribution is 2.28. The summed E-state index contributed by atoms with van der Waals surface area (Å²) in [5.74, 6) is 0. The van der Waals surface area contributed by atoms with Crippen molar-refractivity contribution in [2.45, 2.75) is 33.7 Å². The lowest BCUT2D eigenvalue weighted by Gasteiger charge is -2.22. The van der Waals surface area contributed by atoms with Crippen molar-refractivity contribution in [2.24, 2.45) is 0 Å². The average Bonchev–Trinajstić information content (AvgIpc) is 2.38. The van der Waals surface area contributed by atoms with Crippen LogP contribution in [0, 0.1) is 27.7 Å². The van der Waals surface area contributed by atoms with Crippen molar-refractivity contribution in [3.63, 3.8) is 0 Å². The molecule has 1 heteroatoms. The van der Waals surface area contributed by atoms with Gasteiger partial charge >= 0.3 is 0 Å². The fourth-order valence-corrected chi connectivity index (χ4v) is 2.68. The van der Waals surface area contributed by atoms with Gasteiger partial charge in [0.2, 0.25) is 0 Å². The van der Waals surface area contributed by atoms with Crippen LogP contribution in [0.4, 0.5) is 0 Å². The van der Waals surface area contributed by atoms with Crippen LogP contribution in [0.3, 0.4) is 0 Å². The summed E-state index contributed by atoms with van der Waals surface area (Å²) in [6, 6.07) is 13.5. The second-order valence-electron chi connectivity index (χ2n) is 5.37. The molecule has 0 spiro atoms. The van der Waals surface area contributed by atoms with Gasteiger partial charge in [-0.2, -0.15) is 0 Å². The van der Waals surface area contributed by atoms with Crippen LogP contribution in [0.1, 0.15) is 39.4 Å². The Balaban J connectivity index is 2.55. The molecule has 0 heterocycles. The molecule has 0 bridgehead atoms. The lowest BCUT2D eigenvalue weighted by atomic mass is 9.90. The van der Waals surface area contributed by atoms with Gasteiger partial charge in [-0.15, -0.1) is 0 Å². The standard InChI is InChI=1S/C18H23N/c1-12-8-6-7-9-16(12)18(19-5)17-11-14(3)13(2)10-15(17)4/h6-11,18-19H,1-5H3. The third-order valence-corrected chi connectivity index (χ3v) is 3.98. The zero-order valence-electron chi connectivity index (χ0n) is 12.5. The topological polar surface area (TPSA) is 12.0 Å². The van der Waals surface area contributed by atoms with Crippen molar-refractivity contribution >= 4 is 0 Å². The molecule has 2 aromatic carbocycles. The van der Waals surface area contributed by atoms with E-state index in [4.69, 9.17) is 0 Å². The molecule has 2 rings (SSSR count). The van der Waals surface area contributed by atoms with Crippen LogP contribution in [-0.4, -0.2) is 7.05 Å². The lowest BCUT2D eigenvalue weighted by molar-refractivity contribution is 0.682. The van der Waals surface area contributed by atoms with E-state index < -0.39 is 0 Å². The summed E-state index contributed by atoms with van der Waals surface area (Å²) in [7, 11) is 2.03. The summed E-state index contributed by atoms with van der Waals surface area (Å²) in [6.07, 6.45) is 0. The number of nitrogens with one attached hydrogen (secondary N) is 1. The van der Waals surface area contributed by atoms with Gasteiger partial charge in [0.15, 0.2) is 0 Å². The molecule has 0 fully saturated rings. The number of aryl methyl sites for hydroxylation is 4. The maximum Gasteiger partial charge on any atom is 0.0579 e. The number of benzene rings is 2. The summed E-state index contributed by atoms with van der Waals surface area (Å²) in [4.78, 5) is 0. The molecule has 1 nitrogen and oxygen atoms in total. The summed E-state index contributed by atoms with van der Waals surface area (Å²) >= 11 is 0. The van der Waals surface area contributed by atoms with E-state index in [1.165, 1.54) is 33.4 Å². The molecule has 0 saturated carbocycles. The molecule has 0 radical (unpaired) electrons. The largest absolute Gasteiger partial charge is 0.309 e. The van der Waals surface area contributed by atoms with E-state index in [0.717, 1.165) is 0 Å². The maximum atomic E-state index is 3.46. The van der Waals surface area contributed by atoms with Crippen LogP contribution in [0.2, 0.25) is 0 Å². The minimum absolute atomic E-state index is 0.264. The number of hydrogen-bond acceptors (Lipinski definition) is 1. The number of rotatable bonds is 3. The van der Waals surface area contributed by atoms with E-state index in [9.17, 15) is 0 Å². The first-order valence-corrected chi connectivity index (χ1v) is 6.85. The normalized spacial score (nSPS) is 12.5. The van der Waals surface area contributed by atoms with Crippen LogP contribution >= 0.6 is 0 Å². The Morgan fingerprint density at radius 2 is 1.37 bits per heavy atom. The molecule has 19 heavy (non-hydrogen) atoms. The first kappa shape index (κ1) is 13.8. The Morgan fingerprint density at radius 1 is 0.737 bits per heavy atom. The van der Waals surface area contributed by atoms with Gasteiger partial charge < -0.3 is 5.32 Å². The summed E-state index contributed by atoms with van der Waals surface area (Å²) in [5.41, 5.74) is 8.14. The highest BCUT2D eigenvalue weighted by atomic mass is 14.9. The Morgan fingerprint density at radius 3 is 2.00 bits per heavy atom. The van der Waals surface area contributed by atoms with E-state index in [2.05, 4.69) is 69.4 Å². The molecule has 1 N–H and O–H groups in total. The maximum absolute atomic E-state index is 3.46. The SMILES string of the molecule is CNC(c1ccccc1C)c1cc(C)c(C)cc1C. The van der Waals surface area contributed by atoms with E-state index in [0.29, 0.717) is 0 Å². The first-order chi connectivity index (χ1) is 9.04. The lowest BCUT2D eigenvalue weighted by Crippen LogP contribution is -2.20. The minimum Gasteiger partial charge on any atom is -0.309 e. The summed E-state index contributed by atoms with van der Waals surface area (Å²) in [6.45, 7) is 8.73. The molecule has 100 valence electrons. The van der Waals surface area contributed by atoms with Gasteiger partial charge in [0, 0.05) is 0 Å². The van der Waals surface area contributed by atoms with Crippen molar-refractivity contribution in [1.29, 1.82) is 0 Å². The predicted molar refractivity (Wildman–Crippen MR) is 82.7 cm³/mol. The van der Waals surface area contributed by atoms with E-state index in [-0.39, 0.29) is 6.04 Å². The third-order valence-electron chi connectivity index (χ3n) is 3.98. The minimum atomic E-state index is 0.264. The Labute approximate surface area is 116 Å². The molecule has 0 aliphatic heterocycles. The molecule has 0 aliphatic carbocycles. The van der Waals surface area contributed by atoms with Crippen molar-refractivity contribution in [1.82, 2.24) is 5.32 Å². The molecular formula is C18H23N. The predicted octanol–water partition coefficient (Wildman–Crippen LogP) is 4.23. The zero-order valence-corrected chi connectivity index (χ0v) is 12.5. The van der Waals surface area contributed by atoms with E-state index in [1.807, 2.05) is 7.05 Å². The van der Waals surface area contributed by atoms with Gasteiger partial charge in [0.1, 0.15) is 0 Å². The van der Waals surface area contributed by atoms with Gasteiger partial charge in [0.05, 0.1) is 6.04 Å². The summed E-state index contributed by atoms with van der Waals surface area (Å²) in [5, 5.41) is 3.46. The van der Waals surface area contributed by atoms with Crippen LogP contribution in [-0.2, 0) is 0 Å². The number of hydrogen-bond donors (Lipinski definition) is 1. The van der Waals surface area contributed by atoms with E-state index in [1.54, 1.807) is 0 Å². The quantitative estimate of drug-likeness (QED) is 0.863. The van der Waals surface area contributed by atoms with Crippen molar-refractivity contribution < 1.29 is 0 Å². The molecule has 0 aromatic heterocycles. The Hall–Kier alpha value is -1.60. The van der Waals surface area contributed by atoms with Gasteiger partial charge in [-0.25, -0.2) is 0 Å². The molecule has 1 unspecified atom stereocenters. The smallest absolute Gasteiger partial charge is 0.0579 e. The second kappa shape index (κ2) is 5.58. The van der Waals surface area contributed by atoms with Crippen LogP contribution < -0.4 is 5.32 Å². The molecule has 0 saturated heterocycles. The van der Waals surface area contributed by atoms with Crippen molar-refractivity contribution in [2.75, 3.05) is 7.05 Å². The fraction of sp³-hybridized carbons (Fsp3) is 0.333. The average molecular weight is 253 g/mol. The monoisotopic (exact) mass is 253 g/mol. The molecule has 2 aromatic rings. The molecule has 0 aliphatic rings. The van der Waals surface area contributed by atoms with Crippen molar-refractivity contribution in [3.8, 4) is 0 Å². The van der Waals surface area contributed by atoms with Crippen LogP contribution in [0.15, 0.2) is 36.4 Å². The molecular weight excluding hydrogens is 230 g/mol. The van der Waals surface area contributed by atoms with Crippen molar-refractivity contribution in [3.05, 3.63) is 69.8 Å². The summed E-state index contributed by atoms with van der Waals surface area (Å²) < 4.78 is 0. The molecule has 0 amide bonds.